The van der Waals surface area contributed by atoms with Crippen LogP contribution >= 0.6 is 0 Å². The highest BCUT2D eigenvalue weighted by Gasteiger charge is 2.33. The Hall–Kier alpha value is -6.67. The Labute approximate surface area is 415 Å². The number of carbonyl (C=O) groups is 3. The van der Waals surface area contributed by atoms with Crippen LogP contribution in [0.3, 0.4) is 0 Å². The third-order valence-corrected chi connectivity index (χ3v) is 16.9. The first-order chi connectivity index (χ1) is 33.5. The van der Waals surface area contributed by atoms with Gasteiger partial charge >= 0.3 is 6.03 Å². The maximum absolute atomic E-state index is 13.9. The number of amides is 4. The molecule has 4 amide bonds. The van der Waals surface area contributed by atoms with E-state index in [0.29, 0.717) is 60.7 Å². The van der Waals surface area contributed by atoms with Crippen molar-refractivity contribution in [2.45, 2.75) is 39.2 Å². The highest BCUT2D eigenvalue weighted by atomic mass is 32.2. The normalized spacial score (nSPS) is 13.1. The fraction of sp³-hybridized carbons (Fsp3) is 0. The second-order valence-electron chi connectivity index (χ2n) is 14.6. The number of hydrogen-bond acceptors (Lipinski definition) is 19. The van der Waals surface area contributed by atoms with Gasteiger partial charge < -0.3 is 21.3 Å². The molecule has 0 atom stereocenters. The van der Waals surface area contributed by atoms with Gasteiger partial charge in [0.2, 0.25) is 0 Å². The molecule has 0 aliphatic rings. The Bertz CT molecular complexity index is 4180. The zero-order chi connectivity index (χ0) is 55.9. The van der Waals surface area contributed by atoms with E-state index < -0.39 is 193 Å². The Kier molecular flexibility index (Phi) is 14.5. The van der Waals surface area contributed by atoms with E-state index in [1.54, 1.807) is 10.6 Å². The van der Waals surface area contributed by atoms with Crippen LogP contribution in [0.2, 0.25) is 0 Å². The molecule has 74 heavy (non-hydrogen) atoms. The fourth-order valence-electron chi connectivity index (χ4n) is 7.01. The van der Waals surface area contributed by atoms with Gasteiger partial charge in [-0.3, -0.25) is 46.0 Å². The maximum Gasteiger partial charge on any atom is 0.323 e. The Morgan fingerprint density at radius 3 is 0.892 bits per heavy atom. The lowest BCUT2D eigenvalue weighted by atomic mass is 10.1. The van der Waals surface area contributed by atoms with Gasteiger partial charge in [-0.25, -0.2) is 4.79 Å². The summed E-state index contributed by atoms with van der Waals surface area (Å²) in [5.41, 5.74) is -7.05. The molecule has 6 aromatic carbocycles. The summed E-state index contributed by atoms with van der Waals surface area (Å²) >= 11 is 0. The minimum atomic E-state index is -5.81. The summed E-state index contributed by atoms with van der Waals surface area (Å²) in [6.45, 7) is 0. The number of rotatable bonds is 14. The van der Waals surface area contributed by atoms with Crippen LogP contribution in [0.25, 0.3) is 21.5 Å². The number of hydrogen-bond donors (Lipinski definition) is 12. The average Bonchev–Trinajstić information content (AvgIpc) is 3.22. The van der Waals surface area contributed by atoms with E-state index in [9.17, 15) is 118 Å². The van der Waals surface area contributed by atoms with E-state index in [4.69, 9.17) is 0 Å². The van der Waals surface area contributed by atoms with Gasteiger partial charge in [-0.05, 0) is 72.8 Å². The Morgan fingerprint density at radius 1 is 0.324 bits per heavy atom. The number of benzene rings is 6. The molecule has 0 aliphatic carbocycles. The summed E-state index contributed by atoms with van der Waals surface area (Å²) in [5, 5.41) is 2.82. The molecule has 0 saturated heterocycles. The van der Waals surface area contributed by atoms with Gasteiger partial charge in [0, 0.05) is 21.5 Å². The molecule has 31 nitrogen and oxygen atoms in total. The van der Waals surface area contributed by atoms with Gasteiger partial charge in [0.25, 0.3) is 92.8 Å². The average molecular weight is 1190 g/mol. The molecule has 0 spiro atoms. The third kappa shape index (κ3) is 11.8. The summed E-state index contributed by atoms with van der Waals surface area (Å²) in [7, 11) is -44.4. The molecular weight excluding hydrogens is 1160 g/mol. The summed E-state index contributed by atoms with van der Waals surface area (Å²) in [6.07, 6.45) is 0. The molecule has 6 rings (SSSR count). The first-order valence-electron chi connectivity index (χ1n) is 18.5. The quantitative estimate of drug-likeness (QED) is 0.0695. The number of urea groups is 1. The monoisotopic (exact) mass is 1190 g/mol. The van der Waals surface area contributed by atoms with Gasteiger partial charge in [0.1, 0.15) is 29.4 Å². The van der Waals surface area contributed by atoms with E-state index >= 15 is 0 Å². The van der Waals surface area contributed by atoms with Crippen LogP contribution in [0, 0.1) is 0 Å². The molecule has 12 N–H and O–H groups in total. The largest absolute Gasteiger partial charge is 0.323 e. The summed E-state index contributed by atoms with van der Waals surface area (Å²) in [4.78, 5) is 30.3. The third-order valence-electron chi connectivity index (χ3n) is 9.75. The zero-order valence-electron chi connectivity index (χ0n) is 35.2. The van der Waals surface area contributed by atoms with Crippen molar-refractivity contribution < 1.29 is 118 Å². The SMILES string of the molecule is O=C(Nc1cccc(C(=O)Nc2cc(S(=O)(=O)O)cc3c(S(=O)(=O)O)ccc(S(=O)(=O)O)c23)c1S(=O)(=O)O)Nc1cccc(C(=O)Nc2cc(S(=O)(=O)O)cc3c(S(=O)(=O)O)ccc(S(=O)(=O)O)c23)c1S(=O)(=O)O. The topological polar surface area (TPSA) is 534 Å². The molecule has 0 fully saturated rings. The van der Waals surface area contributed by atoms with E-state index in [0.717, 1.165) is 12.1 Å². The van der Waals surface area contributed by atoms with Gasteiger partial charge in [0.15, 0.2) is 0 Å². The first-order valence-corrected chi connectivity index (χ1v) is 30.0. The van der Waals surface area contributed by atoms with Crippen molar-refractivity contribution in [1.82, 2.24) is 0 Å². The minimum Gasteiger partial charge on any atom is -0.321 e. The van der Waals surface area contributed by atoms with Crippen molar-refractivity contribution in [2.75, 3.05) is 21.3 Å². The van der Waals surface area contributed by atoms with Crippen LogP contribution in [0.1, 0.15) is 20.7 Å². The molecule has 0 aliphatic heterocycles. The van der Waals surface area contributed by atoms with Crippen molar-refractivity contribution in [3.63, 3.8) is 0 Å². The molecule has 0 unspecified atom stereocenters. The van der Waals surface area contributed by atoms with Gasteiger partial charge in [-0.15, -0.1) is 0 Å². The van der Waals surface area contributed by atoms with Crippen LogP contribution in [0.5, 0.6) is 0 Å². The highest BCUT2D eigenvalue weighted by molar-refractivity contribution is 7.88. The van der Waals surface area contributed by atoms with E-state index in [-0.39, 0.29) is 12.1 Å². The van der Waals surface area contributed by atoms with E-state index in [2.05, 4.69) is 0 Å². The lowest BCUT2D eigenvalue weighted by Gasteiger charge is -2.18. The summed E-state index contributed by atoms with van der Waals surface area (Å²) in [6, 6.07) is 4.83. The Morgan fingerprint density at radius 2 is 0.622 bits per heavy atom. The first kappa shape index (κ1) is 56.6. The number of nitrogens with one attached hydrogen (secondary N) is 4. The van der Waals surface area contributed by atoms with Crippen molar-refractivity contribution in [1.29, 1.82) is 0 Å². The highest BCUT2D eigenvalue weighted by Crippen LogP contribution is 2.40. The van der Waals surface area contributed by atoms with Crippen molar-refractivity contribution >= 4 is 143 Å². The summed E-state index contributed by atoms with van der Waals surface area (Å²) in [5.74, 6) is -3.62. The lowest BCUT2D eigenvalue weighted by Crippen LogP contribution is -2.25. The molecule has 6 aromatic rings. The summed E-state index contributed by atoms with van der Waals surface area (Å²) < 4.78 is 278. The number of anilines is 4. The molecule has 39 heteroatoms. The molecule has 0 bridgehead atoms. The van der Waals surface area contributed by atoms with E-state index in [1.807, 2.05) is 10.6 Å². The molecule has 0 aromatic heterocycles. The maximum atomic E-state index is 13.9. The van der Waals surface area contributed by atoms with E-state index in [1.165, 1.54) is 0 Å². The lowest BCUT2D eigenvalue weighted by molar-refractivity contribution is 0.101. The van der Waals surface area contributed by atoms with Crippen LogP contribution in [-0.2, 0) is 80.9 Å². The van der Waals surface area contributed by atoms with Gasteiger partial charge in [0.05, 0.1) is 43.7 Å². The molecule has 0 saturated carbocycles. The number of carbonyl (C=O) groups excluding carboxylic acids is 3. The zero-order valence-corrected chi connectivity index (χ0v) is 41.7. The Balaban J connectivity index is 1.45. The fourth-order valence-corrected chi connectivity index (χ4v) is 12.5. The predicted octanol–water partition coefficient (Wildman–Crippen LogP) is 2.12. The van der Waals surface area contributed by atoms with Crippen molar-refractivity contribution in [3.8, 4) is 0 Å². The van der Waals surface area contributed by atoms with Gasteiger partial charge in [-0.2, -0.15) is 67.3 Å². The van der Waals surface area contributed by atoms with Crippen LogP contribution in [0.15, 0.2) is 124 Å². The van der Waals surface area contributed by atoms with Crippen molar-refractivity contribution in [2.24, 2.45) is 0 Å². The van der Waals surface area contributed by atoms with Crippen LogP contribution in [-0.4, -0.2) is 122 Å². The predicted molar refractivity (Wildman–Crippen MR) is 248 cm³/mol. The molecular formula is C35H26N4O27S8. The second-order valence-corrected chi connectivity index (χ2v) is 25.7. The van der Waals surface area contributed by atoms with Crippen LogP contribution < -0.4 is 21.3 Å². The second kappa shape index (κ2) is 18.9. The minimum absolute atomic E-state index is 0.275. The molecule has 0 radical (unpaired) electrons. The van der Waals surface area contributed by atoms with Crippen LogP contribution in [0.4, 0.5) is 27.5 Å². The van der Waals surface area contributed by atoms with Gasteiger partial charge in [-0.1, -0.05) is 12.1 Å². The van der Waals surface area contributed by atoms with Crippen molar-refractivity contribution in [3.05, 3.63) is 96.1 Å². The number of fused-ring (bicyclic) bond motifs is 2. The molecule has 0 heterocycles. The molecule has 396 valence electrons. The smallest absolute Gasteiger partial charge is 0.321 e. The standard InChI is InChI=1S/C35H26N4O27S8/c40-33(36-23-13-15(67(43,44)45)11-19-25(69(49,50)51)7-9-27(29(19)23)71(55,56)57)17-3-1-5-21(31(17)73(61,62)63)38-35(42)39-22-6-2-4-18(32(22)74(64,65)66)34(41)37-24-14-16(68(46,47)48)12-20-26(70(52,53)54)8-10-28(30(20)24)72(58,59)60/h1-14H,(H,36,40)(H,37,41)(H2,38,39,42)(H,43,44,45)(H,46,47,48)(H,49,50,51)(H,52,53,54)(H,55,56,57)(H,58,59,60)(H,61,62,63)(H,64,65,66).